The highest BCUT2D eigenvalue weighted by Gasteiger charge is 2.12. The maximum Gasteiger partial charge on any atom is 0.309 e. The smallest absolute Gasteiger partial charge is 0.309 e. The van der Waals surface area contributed by atoms with Crippen LogP contribution in [0.2, 0.25) is 5.02 Å². The summed E-state index contributed by atoms with van der Waals surface area (Å²) >= 11 is 5.92. The lowest BCUT2D eigenvalue weighted by Gasteiger charge is -2.06. The van der Waals surface area contributed by atoms with Crippen molar-refractivity contribution in [3.63, 3.8) is 0 Å². The van der Waals surface area contributed by atoms with Crippen LogP contribution in [-0.4, -0.2) is 18.4 Å². The molecule has 1 aromatic rings. The molecule has 2 amide bonds. The molecule has 0 aliphatic heterocycles. The van der Waals surface area contributed by atoms with Crippen molar-refractivity contribution < 1.29 is 9.59 Å². The standard InChI is InChI=1S/C12H15ClN2O2/c1-2-7-14-11(16)12(17)15-8-9-5-3-4-6-10(9)13/h3-6H,2,7-8H2,1H3,(H,14,16)(H,15,17). The van der Waals surface area contributed by atoms with E-state index in [2.05, 4.69) is 10.6 Å². The molecule has 0 bridgehead atoms. The van der Waals surface area contributed by atoms with E-state index in [1.54, 1.807) is 12.1 Å². The van der Waals surface area contributed by atoms with Crippen LogP contribution >= 0.6 is 11.6 Å². The monoisotopic (exact) mass is 254 g/mol. The van der Waals surface area contributed by atoms with Crippen LogP contribution in [0.5, 0.6) is 0 Å². The first-order valence-electron chi connectivity index (χ1n) is 5.44. The van der Waals surface area contributed by atoms with Crippen molar-refractivity contribution in [2.75, 3.05) is 6.54 Å². The average Bonchev–Trinajstić information content (AvgIpc) is 2.34. The summed E-state index contributed by atoms with van der Waals surface area (Å²) < 4.78 is 0. The maximum absolute atomic E-state index is 11.4. The normalized spacial score (nSPS) is 9.76. The second kappa shape index (κ2) is 6.91. The Bertz CT molecular complexity index is 407. The van der Waals surface area contributed by atoms with Crippen LogP contribution in [0.1, 0.15) is 18.9 Å². The summed E-state index contributed by atoms with van der Waals surface area (Å²) in [4.78, 5) is 22.6. The molecular weight excluding hydrogens is 240 g/mol. The van der Waals surface area contributed by atoms with Crippen molar-refractivity contribution in [1.82, 2.24) is 10.6 Å². The molecule has 4 nitrogen and oxygen atoms in total. The van der Waals surface area contributed by atoms with Gasteiger partial charge in [0.05, 0.1) is 0 Å². The van der Waals surface area contributed by atoms with E-state index in [9.17, 15) is 9.59 Å². The number of halogens is 1. The zero-order chi connectivity index (χ0) is 12.7. The number of rotatable bonds is 4. The Morgan fingerprint density at radius 1 is 1.18 bits per heavy atom. The lowest BCUT2D eigenvalue weighted by atomic mass is 10.2. The van der Waals surface area contributed by atoms with Gasteiger partial charge in [0.15, 0.2) is 0 Å². The average molecular weight is 255 g/mol. The zero-order valence-electron chi connectivity index (χ0n) is 9.63. The zero-order valence-corrected chi connectivity index (χ0v) is 10.4. The van der Waals surface area contributed by atoms with Crippen molar-refractivity contribution in [3.05, 3.63) is 34.9 Å². The van der Waals surface area contributed by atoms with Crippen molar-refractivity contribution in [1.29, 1.82) is 0 Å². The topological polar surface area (TPSA) is 58.2 Å². The molecule has 0 aliphatic carbocycles. The molecule has 0 fully saturated rings. The molecule has 1 aromatic carbocycles. The van der Waals surface area contributed by atoms with Gasteiger partial charge in [-0.1, -0.05) is 36.7 Å². The number of hydrogen-bond acceptors (Lipinski definition) is 2. The maximum atomic E-state index is 11.4. The van der Waals surface area contributed by atoms with Crippen LogP contribution in [0.3, 0.4) is 0 Å². The second-order valence-electron chi connectivity index (χ2n) is 3.53. The molecule has 0 saturated heterocycles. The van der Waals surface area contributed by atoms with Crippen LogP contribution in [0.4, 0.5) is 0 Å². The molecule has 1 rings (SSSR count). The molecule has 0 aromatic heterocycles. The van der Waals surface area contributed by atoms with Crippen molar-refractivity contribution >= 4 is 23.4 Å². The molecule has 0 atom stereocenters. The number of amides is 2. The first kappa shape index (κ1) is 13.5. The fourth-order valence-corrected chi connectivity index (χ4v) is 1.42. The molecule has 0 radical (unpaired) electrons. The highest BCUT2D eigenvalue weighted by atomic mass is 35.5. The molecule has 2 N–H and O–H groups in total. The third kappa shape index (κ3) is 4.44. The Morgan fingerprint density at radius 3 is 2.47 bits per heavy atom. The molecule has 5 heteroatoms. The molecule has 17 heavy (non-hydrogen) atoms. The third-order valence-corrected chi connectivity index (χ3v) is 2.51. The van der Waals surface area contributed by atoms with Gasteiger partial charge >= 0.3 is 11.8 Å². The quantitative estimate of drug-likeness (QED) is 0.800. The van der Waals surface area contributed by atoms with Gasteiger partial charge in [0.25, 0.3) is 0 Å². The summed E-state index contributed by atoms with van der Waals surface area (Å²) in [6.07, 6.45) is 0.795. The van der Waals surface area contributed by atoms with Gasteiger partial charge in [-0.2, -0.15) is 0 Å². The third-order valence-electron chi connectivity index (χ3n) is 2.14. The van der Waals surface area contributed by atoms with Gasteiger partial charge in [-0.05, 0) is 18.1 Å². The van der Waals surface area contributed by atoms with E-state index in [1.807, 2.05) is 19.1 Å². The Balaban J connectivity index is 2.43. The van der Waals surface area contributed by atoms with Crippen LogP contribution < -0.4 is 10.6 Å². The van der Waals surface area contributed by atoms with Crippen molar-refractivity contribution in [2.24, 2.45) is 0 Å². The molecule has 92 valence electrons. The van der Waals surface area contributed by atoms with E-state index in [-0.39, 0.29) is 6.54 Å². The lowest BCUT2D eigenvalue weighted by Crippen LogP contribution is -2.39. The number of nitrogens with one attached hydrogen (secondary N) is 2. The number of hydrogen-bond donors (Lipinski definition) is 2. The summed E-state index contributed by atoms with van der Waals surface area (Å²) in [7, 11) is 0. The van der Waals surface area contributed by atoms with Crippen LogP contribution in [0.25, 0.3) is 0 Å². The summed E-state index contributed by atoms with van der Waals surface area (Å²) in [6, 6.07) is 7.17. The number of benzene rings is 1. The van der Waals surface area contributed by atoms with Gasteiger partial charge in [0, 0.05) is 18.1 Å². The van der Waals surface area contributed by atoms with Gasteiger partial charge in [-0.3, -0.25) is 9.59 Å². The Kier molecular flexibility index (Phi) is 5.49. The minimum Gasteiger partial charge on any atom is -0.348 e. The second-order valence-corrected chi connectivity index (χ2v) is 3.94. The summed E-state index contributed by atoms with van der Waals surface area (Å²) in [5.41, 5.74) is 0.783. The summed E-state index contributed by atoms with van der Waals surface area (Å²) in [5.74, 6) is -1.25. The SMILES string of the molecule is CCCNC(=O)C(=O)NCc1ccccc1Cl. The Morgan fingerprint density at radius 2 is 1.82 bits per heavy atom. The van der Waals surface area contributed by atoms with E-state index in [1.165, 1.54) is 0 Å². The first-order valence-corrected chi connectivity index (χ1v) is 5.82. The minimum absolute atomic E-state index is 0.248. The number of carbonyl (C=O) groups excluding carboxylic acids is 2. The lowest BCUT2D eigenvalue weighted by molar-refractivity contribution is -0.139. The molecule has 0 unspecified atom stereocenters. The minimum atomic E-state index is -0.640. The molecule has 0 saturated carbocycles. The van der Waals surface area contributed by atoms with Crippen molar-refractivity contribution in [2.45, 2.75) is 19.9 Å². The van der Waals surface area contributed by atoms with Gasteiger partial charge in [-0.25, -0.2) is 0 Å². The van der Waals surface area contributed by atoms with E-state index in [0.29, 0.717) is 11.6 Å². The van der Waals surface area contributed by atoms with Gasteiger partial charge in [0.2, 0.25) is 0 Å². The van der Waals surface area contributed by atoms with Crippen molar-refractivity contribution in [3.8, 4) is 0 Å². The summed E-state index contributed by atoms with van der Waals surface area (Å²) in [5, 5.41) is 5.58. The van der Waals surface area contributed by atoms with E-state index in [0.717, 1.165) is 12.0 Å². The number of carbonyl (C=O) groups is 2. The molecular formula is C12H15ClN2O2. The fraction of sp³-hybridized carbons (Fsp3) is 0.333. The largest absolute Gasteiger partial charge is 0.348 e. The Hall–Kier alpha value is -1.55. The van der Waals surface area contributed by atoms with Crippen LogP contribution in [0, 0.1) is 0 Å². The fourth-order valence-electron chi connectivity index (χ4n) is 1.22. The first-order chi connectivity index (χ1) is 8.15. The van der Waals surface area contributed by atoms with Crippen LogP contribution in [-0.2, 0) is 16.1 Å². The predicted octanol–water partition coefficient (Wildman–Crippen LogP) is 1.48. The highest BCUT2D eigenvalue weighted by molar-refractivity contribution is 6.35. The van der Waals surface area contributed by atoms with Gasteiger partial charge < -0.3 is 10.6 Å². The molecule has 0 spiro atoms. The van der Waals surface area contributed by atoms with E-state index >= 15 is 0 Å². The van der Waals surface area contributed by atoms with Crippen LogP contribution in [0.15, 0.2) is 24.3 Å². The molecule has 0 aliphatic rings. The van der Waals surface area contributed by atoms with Gasteiger partial charge in [0.1, 0.15) is 0 Å². The Labute approximate surface area is 105 Å². The van der Waals surface area contributed by atoms with Gasteiger partial charge in [-0.15, -0.1) is 0 Å². The highest BCUT2D eigenvalue weighted by Crippen LogP contribution is 2.13. The van der Waals surface area contributed by atoms with E-state index < -0.39 is 11.8 Å². The summed E-state index contributed by atoms with van der Waals surface area (Å²) in [6.45, 7) is 2.67. The predicted molar refractivity (Wildman–Crippen MR) is 66.6 cm³/mol. The van der Waals surface area contributed by atoms with E-state index in [4.69, 9.17) is 11.6 Å². The molecule has 0 heterocycles.